The molecule has 2 aromatic carbocycles. The molecule has 1 aromatic heterocycles. The molecule has 24 heavy (non-hydrogen) atoms. The van der Waals surface area contributed by atoms with Gasteiger partial charge in [-0.25, -0.2) is 0 Å². The van der Waals surface area contributed by atoms with Crippen LogP contribution in [0.5, 0.6) is 0 Å². The second kappa shape index (κ2) is 6.37. The van der Waals surface area contributed by atoms with Crippen LogP contribution in [0.2, 0.25) is 0 Å². The molecular weight excluding hydrogens is 374 g/mol. The van der Waals surface area contributed by atoms with E-state index < -0.39 is 4.92 Å². The number of carbonyl (C=O) groups is 1. The summed E-state index contributed by atoms with van der Waals surface area (Å²) in [7, 11) is 0. The van der Waals surface area contributed by atoms with E-state index in [1.807, 2.05) is 18.2 Å². The van der Waals surface area contributed by atoms with Crippen LogP contribution in [0.1, 0.15) is 15.9 Å². The zero-order valence-electron chi connectivity index (χ0n) is 12.6. The first-order valence-corrected chi connectivity index (χ1v) is 7.84. The van der Waals surface area contributed by atoms with E-state index >= 15 is 0 Å². The zero-order chi connectivity index (χ0) is 17.3. The highest BCUT2D eigenvalue weighted by molar-refractivity contribution is 9.10. The summed E-state index contributed by atoms with van der Waals surface area (Å²) >= 11 is 3.41. The van der Waals surface area contributed by atoms with Gasteiger partial charge in [-0.3, -0.25) is 19.9 Å². The number of nitro groups is 1. The van der Waals surface area contributed by atoms with Crippen LogP contribution in [0, 0.1) is 17.0 Å². The summed E-state index contributed by atoms with van der Waals surface area (Å²) < 4.78 is 0.845. The number of nitro benzene ring substituents is 1. The third-order valence-electron chi connectivity index (χ3n) is 3.53. The van der Waals surface area contributed by atoms with Crippen molar-refractivity contribution in [3.8, 4) is 0 Å². The van der Waals surface area contributed by atoms with Crippen LogP contribution in [-0.4, -0.2) is 16.2 Å². The standard InChI is InChI=1S/C17H12BrN3O3/c1-10-4-13(7-14(5-10)21(23)24)20-17-11(9-22)8-19-16-3-2-12(18)6-15(16)17/h2-9H,1H3,(H,19,20). The summed E-state index contributed by atoms with van der Waals surface area (Å²) in [5.41, 5.74) is 2.94. The molecule has 0 spiro atoms. The van der Waals surface area contributed by atoms with E-state index in [-0.39, 0.29) is 5.69 Å². The van der Waals surface area contributed by atoms with Crippen LogP contribution in [0.15, 0.2) is 47.1 Å². The molecule has 0 saturated heterocycles. The topological polar surface area (TPSA) is 85.1 Å². The molecule has 7 heteroatoms. The number of benzene rings is 2. The van der Waals surface area contributed by atoms with Gasteiger partial charge in [-0.15, -0.1) is 0 Å². The lowest BCUT2D eigenvalue weighted by Gasteiger charge is -2.13. The Hall–Kier alpha value is -2.80. The quantitative estimate of drug-likeness (QED) is 0.397. The number of nitrogens with one attached hydrogen (secondary N) is 1. The predicted molar refractivity (Wildman–Crippen MR) is 95.9 cm³/mol. The Morgan fingerprint density at radius 2 is 2.04 bits per heavy atom. The molecular formula is C17H12BrN3O3. The predicted octanol–water partition coefficient (Wildman–Crippen LogP) is 4.77. The fraction of sp³-hybridized carbons (Fsp3) is 0.0588. The van der Waals surface area contributed by atoms with Crippen LogP contribution < -0.4 is 5.32 Å². The van der Waals surface area contributed by atoms with Crippen molar-refractivity contribution in [2.75, 3.05) is 5.32 Å². The van der Waals surface area contributed by atoms with Gasteiger partial charge < -0.3 is 5.32 Å². The number of aryl methyl sites for hydroxylation is 1. The molecule has 1 N–H and O–H groups in total. The monoisotopic (exact) mass is 385 g/mol. The Kier molecular flexibility index (Phi) is 4.26. The van der Waals surface area contributed by atoms with E-state index in [1.54, 1.807) is 13.0 Å². The molecule has 0 saturated carbocycles. The van der Waals surface area contributed by atoms with Gasteiger partial charge in [-0.2, -0.15) is 0 Å². The van der Waals surface area contributed by atoms with Crippen molar-refractivity contribution >= 4 is 50.2 Å². The first kappa shape index (κ1) is 16.1. The smallest absolute Gasteiger partial charge is 0.271 e. The number of aromatic nitrogens is 1. The third kappa shape index (κ3) is 3.11. The summed E-state index contributed by atoms with van der Waals surface area (Å²) in [4.78, 5) is 26.2. The third-order valence-corrected chi connectivity index (χ3v) is 4.02. The molecule has 0 atom stereocenters. The number of aldehydes is 1. The second-order valence-corrected chi connectivity index (χ2v) is 6.22. The summed E-state index contributed by atoms with van der Waals surface area (Å²) in [6.45, 7) is 1.78. The van der Waals surface area contributed by atoms with Crippen LogP contribution in [0.3, 0.4) is 0 Å². The molecule has 1 heterocycles. The number of halogens is 1. The minimum atomic E-state index is -0.444. The Morgan fingerprint density at radius 3 is 2.75 bits per heavy atom. The lowest BCUT2D eigenvalue weighted by Crippen LogP contribution is -1.99. The van der Waals surface area contributed by atoms with Gasteiger partial charge in [0.05, 0.1) is 21.7 Å². The van der Waals surface area contributed by atoms with E-state index in [0.29, 0.717) is 28.7 Å². The van der Waals surface area contributed by atoms with Crippen molar-refractivity contribution < 1.29 is 9.72 Å². The Balaban J connectivity index is 2.17. The Labute approximate surface area is 145 Å². The number of anilines is 2. The molecule has 0 aliphatic carbocycles. The fourth-order valence-electron chi connectivity index (χ4n) is 2.49. The van der Waals surface area contributed by atoms with E-state index in [1.165, 1.54) is 18.3 Å². The number of nitrogens with zero attached hydrogens (tertiary/aromatic N) is 2. The van der Waals surface area contributed by atoms with Gasteiger partial charge in [0.2, 0.25) is 0 Å². The van der Waals surface area contributed by atoms with E-state index in [4.69, 9.17) is 0 Å². The van der Waals surface area contributed by atoms with Gasteiger partial charge in [0.1, 0.15) is 0 Å². The summed E-state index contributed by atoms with van der Waals surface area (Å²) in [5.74, 6) is 0. The highest BCUT2D eigenvalue weighted by Crippen LogP contribution is 2.31. The number of carbonyl (C=O) groups excluding carboxylic acids is 1. The lowest BCUT2D eigenvalue weighted by atomic mass is 10.1. The van der Waals surface area contributed by atoms with Gasteiger partial charge in [0.25, 0.3) is 5.69 Å². The van der Waals surface area contributed by atoms with Crippen molar-refractivity contribution in [2.45, 2.75) is 6.92 Å². The Morgan fingerprint density at radius 1 is 1.25 bits per heavy atom. The van der Waals surface area contributed by atoms with Crippen LogP contribution in [0.4, 0.5) is 17.1 Å². The van der Waals surface area contributed by atoms with Crippen molar-refractivity contribution in [3.05, 3.63) is 68.3 Å². The molecule has 0 radical (unpaired) electrons. The number of non-ortho nitro benzene ring substituents is 1. The van der Waals surface area contributed by atoms with Crippen molar-refractivity contribution in [1.82, 2.24) is 4.98 Å². The maximum absolute atomic E-state index is 11.4. The second-order valence-electron chi connectivity index (χ2n) is 5.31. The number of fused-ring (bicyclic) bond motifs is 1. The van der Waals surface area contributed by atoms with E-state index in [0.717, 1.165) is 15.4 Å². The number of rotatable bonds is 4. The van der Waals surface area contributed by atoms with Crippen LogP contribution >= 0.6 is 15.9 Å². The number of hydrogen-bond acceptors (Lipinski definition) is 5. The van der Waals surface area contributed by atoms with Gasteiger partial charge in [-0.05, 0) is 36.8 Å². The highest BCUT2D eigenvalue weighted by atomic mass is 79.9. The molecule has 120 valence electrons. The van der Waals surface area contributed by atoms with Crippen LogP contribution in [-0.2, 0) is 0 Å². The van der Waals surface area contributed by atoms with E-state index in [9.17, 15) is 14.9 Å². The SMILES string of the molecule is Cc1cc(Nc2c(C=O)cnc3ccc(Br)cc23)cc([N+](=O)[O-])c1. The fourth-order valence-corrected chi connectivity index (χ4v) is 2.85. The maximum Gasteiger partial charge on any atom is 0.271 e. The van der Waals surface area contributed by atoms with Gasteiger partial charge in [-0.1, -0.05) is 15.9 Å². The molecule has 6 nitrogen and oxygen atoms in total. The molecule has 3 rings (SSSR count). The molecule has 0 aliphatic rings. The Bertz CT molecular complexity index is 973. The minimum absolute atomic E-state index is 0.00954. The van der Waals surface area contributed by atoms with Gasteiger partial charge in [0.15, 0.2) is 6.29 Å². The van der Waals surface area contributed by atoms with Crippen LogP contribution in [0.25, 0.3) is 10.9 Å². The average Bonchev–Trinajstić information content (AvgIpc) is 2.54. The van der Waals surface area contributed by atoms with Gasteiger partial charge in [0, 0.05) is 33.9 Å². The largest absolute Gasteiger partial charge is 0.354 e. The first-order valence-electron chi connectivity index (χ1n) is 7.04. The zero-order valence-corrected chi connectivity index (χ0v) is 14.2. The van der Waals surface area contributed by atoms with Crippen molar-refractivity contribution in [1.29, 1.82) is 0 Å². The number of pyridine rings is 1. The summed E-state index contributed by atoms with van der Waals surface area (Å²) in [6, 6.07) is 10.3. The maximum atomic E-state index is 11.4. The lowest BCUT2D eigenvalue weighted by molar-refractivity contribution is -0.384. The molecule has 0 fully saturated rings. The minimum Gasteiger partial charge on any atom is -0.354 e. The average molecular weight is 386 g/mol. The highest BCUT2D eigenvalue weighted by Gasteiger charge is 2.13. The molecule has 0 unspecified atom stereocenters. The van der Waals surface area contributed by atoms with Crippen molar-refractivity contribution in [2.24, 2.45) is 0 Å². The van der Waals surface area contributed by atoms with Gasteiger partial charge >= 0.3 is 0 Å². The van der Waals surface area contributed by atoms with Crippen molar-refractivity contribution in [3.63, 3.8) is 0 Å². The number of hydrogen-bond donors (Lipinski definition) is 1. The summed E-state index contributed by atoms with van der Waals surface area (Å²) in [6.07, 6.45) is 2.19. The van der Waals surface area contributed by atoms with E-state index in [2.05, 4.69) is 26.2 Å². The first-order chi connectivity index (χ1) is 11.5. The molecule has 0 aliphatic heterocycles. The molecule has 0 bridgehead atoms. The summed E-state index contributed by atoms with van der Waals surface area (Å²) in [5, 5.41) is 14.9. The normalized spacial score (nSPS) is 10.6. The molecule has 3 aromatic rings. The molecule has 0 amide bonds.